The van der Waals surface area contributed by atoms with Gasteiger partial charge in [-0.15, -0.1) is 10.2 Å². The number of amides is 1. The molecule has 2 heterocycles. The SMILES string of the molecule is O=C(CSc1nnc(-c2ccco2)n1Cc1ccccc1)Nc1cccc(Cl)c1Cl. The molecule has 0 saturated carbocycles. The highest BCUT2D eigenvalue weighted by Gasteiger charge is 2.18. The predicted octanol–water partition coefficient (Wildman–Crippen LogP) is 5.62. The van der Waals surface area contributed by atoms with E-state index >= 15 is 0 Å². The van der Waals surface area contributed by atoms with Crippen molar-refractivity contribution in [3.8, 4) is 11.6 Å². The third-order valence-electron chi connectivity index (χ3n) is 4.20. The first-order valence-corrected chi connectivity index (χ1v) is 10.7. The lowest BCUT2D eigenvalue weighted by molar-refractivity contribution is -0.113. The lowest BCUT2D eigenvalue weighted by Crippen LogP contribution is -2.15. The van der Waals surface area contributed by atoms with Crippen molar-refractivity contribution in [2.24, 2.45) is 0 Å². The van der Waals surface area contributed by atoms with Crippen LogP contribution in [-0.2, 0) is 11.3 Å². The number of rotatable bonds is 7. The van der Waals surface area contributed by atoms with Gasteiger partial charge in [-0.1, -0.05) is 71.4 Å². The first kappa shape index (κ1) is 20.5. The van der Waals surface area contributed by atoms with Crippen molar-refractivity contribution < 1.29 is 9.21 Å². The van der Waals surface area contributed by atoms with Gasteiger partial charge in [-0.25, -0.2) is 0 Å². The Hall–Kier alpha value is -2.74. The number of nitrogens with one attached hydrogen (secondary N) is 1. The zero-order valence-electron chi connectivity index (χ0n) is 15.6. The largest absolute Gasteiger partial charge is 0.461 e. The van der Waals surface area contributed by atoms with Crippen LogP contribution in [0.4, 0.5) is 5.69 Å². The number of aromatic nitrogens is 3. The van der Waals surface area contributed by atoms with Crippen LogP contribution in [0.5, 0.6) is 0 Å². The summed E-state index contributed by atoms with van der Waals surface area (Å²) in [4.78, 5) is 12.4. The van der Waals surface area contributed by atoms with Crippen molar-refractivity contribution in [2.75, 3.05) is 11.1 Å². The number of thioether (sulfide) groups is 1. The maximum Gasteiger partial charge on any atom is 0.234 e. The predicted molar refractivity (Wildman–Crippen MR) is 119 cm³/mol. The number of anilines is 1. The van der Waals surface area contributed by atoms with Crippen LogP contribution in [-0.4, -0.2) is 26.4 Å². The summed E-state index contributed by atoms with van der Waals surface area (Å²) in [5.41, 5.74) is 1.55. The Morgan fingerprint density at radius 1 is 1.03 bits per heavy atom. The molecule has 9 heteroatoms. The molecule has 2 aromatic heterocycles. The van der Waals surface area contributed by atoms with Gasteiger partial charge in [0, 0.05) is 0 Å². The third-order valence-corrected chi connectivity index (χ3v) is 5.99. The molecular weight excluding hydrogens is 443 g/mol. The molecule has 152 valence electrons. The number of carbonyl (C=O) groups is 1. The van der Waals surface area contributed by atoms with Gasteiger partial charge in [0.1, 0.15) is 0 Å². The average molecular weight is 459 g/mol. The van der Waals surface area contributed by atoms with Gasteiger partial charge < -0.3 is 9.73 Å². The Kier molecular flexibility index (Phi) is 6.42. The van der Waals surface area contributed by atoms with Crippen molar-refractivity contribution in [1.82, 2.24) is 14.8 Å². The Bertz CT molecular complexity index is 1150. The van der Waals surface area contributed by atoms with Crippen molar-refractivity contribution in [3.05, 3.63) is 82.5 Å². The molecule has 4 aromatic rings. The summed E-state index contributed by atoms with van der Waals surface area (Å²) in [6, 6.07) is 18.7. The zero-order chi connectivity index (χ0) is 20.9. The molecule has 0 saturated heterocycles. The number of carbonyl (C=O) groups excluding carboxylic acids is 1. The molecule has 1 amide bonds. The highest BCUT2D eigenvalue weighted by atomic mass is 35.5. The van der Waals surface area contributed by atoms with Gasteiger partial charge in [0.15, 0.2) is 10.9 Å². The van der Waals surface area contributed by atoms with E-state index in [0.29, 0.717) is 39.0 Å². The van der Waals surface area contributed by atoms with Gasteiger partial charge in [0.25, 0.3) is 0 Å². The zero-order valence-corrected chi connectivity index (χ0v) is 17.9. The summed E-state index contributed by atoms with van der Waals surface area (Å²) in [6.07, 6.45) is 1.59. The van der Waals surface area contributed by atoms with E-state index in [0.717, 1.165) is 5.56 Å². The number of hydrogen-bond acceptors (Lipinski definition) is 5. The van der Waals surface area contributed by atoms with Gasteiger partial charge in [-0.3, -0.25) is 9.36 Å². The number of halogens is 2. The summed E-state index contributed by atoms with van der Waals surface area (Å²) < 4.78 is 7.43. The molecule has 0 atom stereocenters. The van der Waals surface area contributed by atoms with E-state index in [2.05, 4.69) is 15.5 Å². The first-order valence-electron chi connectivity index (χ1n) is 8.99. The fourth-order valence-electron chi connectivity index (χ4n) is 2.81. The molecule has 0 fully saturated rings. The molecule has 0 aliphatic rings. The van der Waals surface area contributed by atoms with Crippen LogP contribution >= 0.6 is 35.0 Å². The summed E-state index contributed by atoms with van der Waals surface area (Å²) in [5.74, 6) is 1.12. The number of hydrogen-bond donors (Lipinski definition) is 1. The molecule has 0 unspecified atom stereocenters. The van der Waals surface area contributed by atoms with Crippen molar-refractivity contribution >= 4 is 46.6 Å². The van der Waals surface area contributed by atoms with E-state index < -0.39 is 0 Å². The van der Waals surface area contributed by atoms with E-state index in [9.17, 15) is 4.79 Å². The second kappa shape index (κ2) is 9.38. The van der Waals surface area contributed by atoms with Crippen LogP contribution in [0.25, 0.3) is 11.6 Å². The van der Waals surface area contributed by atoms with Crippen LogP contribution in [0.3, 0.4) is 0 Å². The topological polar surface area (TPSA) is 73.0 Å². The molecule has 0 bridgehead atoms. The van der Waals surface area contributed by atoms with E-state index in [1.807, 2.05) is 41.0 Å². The van der Waals surface area contributed by atoms with Crippen molar-refractivity contribution in [3.63, 3.8) is 0 Å². The van der Waals surface area contributed by atoms with Gasteiger partial charge in [-0.2, -0.15) is 0 Å². The summed E-state index contributed by atoms with van der Waals surface area (Å²) in [6.45, 7) is 0.550. The molecule has 6 nitrogen and oxygen atoms in total. The summed E-state index contributed by atoms with van der Waals surface area (Å²) in [5, 5.41) is 12.6. The fraction of sp³-hybridized carbons (Fsp3) is 0.0952. The van der Waals surface area contributed by atoms with E-state index in [1.165, 1.54) is 11.8 Å². The maximum atomic E-state index is 12.4. The van der Waals surface area contributed by atoms with Gasteiger partial charge in [0.05, 0.1) is 34.3 Å². The molecule has 0 aliphatic carbocycles. The molecule has 30 heavy (non-hydrogen) atoms. The van der Waals surface area contributed by atoms with Crippen LogP contribution < -0.4 is 5.32 Å². The second-order valence-corrected chi connectivity index (χ2v) is 8.02. The average Bonchev–Trinajstić information content (AvgIpc) is 3.41. The third kappa shape index (κ3) is 4.70. The molecule has 4 rings (SSSR count). The van der Waals surface area contributed by atoms with E-state index in [4.69, 9.17) is 27.6 Å². The molecular formula is C21H16Cl2N4O2S. The molecule has 0 aliphatic heterocycles. The van der Waals surface area contributed by atoms with Gasteiger partial charge >= 0.3 is 0 Å². The smallest absolute Gasteiger partial charge is 0.234 e. The first-order chi connectivity index (χ1) is 14.6. The van der Waals surface area contributed by atoms with Crippen LogP contribution in [0.1, 0.15) is 5.56 Å². The quantitative estimate of drug-likeness (QED) is 0.363. The molecule has 0 spiro atoms. The normalized spacial score (nSPS) is 10.9. The lowest BCUT2D eigenvalue weighted by Gasteiger charge is -2.10. The summed E-state index contributed by atoms with van der Waals surface area (Å²) in [7, 11) is 0. The minimum atomic E-state index is -0.224. The second-order valence-electron chi connectivity index (χ2n) is 6.29. The Balaban J connectivity index is 1.52. The Morgan fingerprint density at radius 3 is 2.63 bits per heavy atom. The fourth-order valence-corrected chi connectivity index (χ4v) is 3.89. The number of furan rings is 1. The van der Waals surface area contributed by atoms with Gasteiger partial charge in [-0.05, 0) is 29.8 Å². The molecule has 1 N–H and O–H groups in total. The lowest BCUT2D eigenvalue weighted by atomic mass is 10.2. The maximum absolute atomic E-state index is 12.4. The van der Waals surface area contributed by atoms with Gasteiger partial charge in [0.2, 0.25) is 11.7 Å². The minimum absolute atomic E-state index is 0.133. The standard InChI is InChI=1S/C21H16Cl2N4O2S/c22-15-8-4-9-16(19(15)23)24-18(28)13-30-21-26-25-20(17-10-5-11-29-17)27(21)12-14-6-2-1-3-7-14/h1-11H,12-13H2,(H,24,28). The van der Waals surface area contributed by atoms with E-state index in [1.54, 1.807) is 30.5 Å². The summed E-state index contributed by atoms with van der Waals surface area (Å²) >= 11 is 13.4. The highest BCUT2D eigenvalue weighted by molar-refractivity contribution is 7.99. The Labute approximate surface area is 187 Å². The number of nitrogens with zero attached hydrogens (tertiary/aromatic N) is 3. The monoisotopic (exact) mass is 458 g/mol. The molecule has 0 radical (unpaired) electrons. The minimum Gasteiger partial charge on any atom is -0.461 e. The highest BCUT2D eigenvalue weighted by Crippen LogP contribution is 2.30. The molecule has 2 aromatic carbocycles. The van der Waals surface area contributed by atoms with Crippen LogP contribution in [0.2, 0.25) is 10.0 Å². The number of benzene rings is 2. The Morgan fingerprint density at radius 2 is 1.87 bits per heavy atom. The van der Waals surface area contributed by atoms with Crippen molar-refractivity contribution in [1.29, 1.82) is 0 Å². The van der Waals surface area contributed by atoms with Crippen molar-refractivity contribution in [2.45, 2.75) is 11.7 Å². The van der Waals surface area contributed by atoms with Crippen LogP contribution in [0.15, 0.2) is 76.5 Å². The van der Waals surface area contributed by atoms with Crippen LogP contribution in [0, 0.1) is 0 Å². The van der Waals surface area contributed by atoms with E-state index in [-0.39, 0.29) is 11.7 Å².